The monoisotopic (exact) mass is 445 g/mol. The highest BCUT2D eigenvalue weighted by atomic mass is 16.5. The molecule has 0 saturated carbocycles. The number of benzene rings is 2. The van der Waals surface area contributed by atoms with Crippen molar-refractivity contribution in [2.24, 2.45) is 0 Å². The Kier molecular flexibility index (Phi) is 6.82. The van der Waals surface area contributed by atoms with Crippen molar-refractivity contribution >= 4 is 17.4 Å². The minimum absolute atomic E-state index is 0.0437. The predicted octanol–water partition coefficient (Wildman–Crippen LogP) is 4.41. The summed E-state index contributed by atoms with van der Waals surface area (Å²) in [5.74, 6) is 1.04. The third kappa shape index (κ3) is 4.80. The molecule has 0 atom stereocenters. The van der Waals surface area contributed by atoms with E-state index in [0.717, 1.165) is 41.5 Å². The van der Waals surface area contributed by atoms with E-state index < -0.39 is 0 Å². The number of aromatic nitrogens is 1. The number of hydrogen-bond donors (Lipinski definition) is 0. The molecular formula is C27H31N3O3. The number of carbonyl (C=O) groups is 2. The van der Waals surface area contributed by atoms with Gasteiger partial charge in [-0.1, -0.05) is 42.5 Å². The molecule has 3 aromatic rings. The molecule has 1 saturated heterocycles. The highest BCUT2D eigenvalue weighted by Crippen LogP contribution is 2.29. The second-order valence-electron chi connectivity index (χ2n) is 8.39. The molecule has 0 spiro atoms. The van der Waals surface area contributed by atoms with Crippen LogP contribution in [0.5, 0.6) is 5.75 Å². The average Bonchev–Trinajstić information content (AvgIpc) is 3.19. The molecule has 0 unspecified atom stereocenters. The highest BCUT2D eigenvalue weighted by Gasteiger charge is 2.23. The van der Waals surface area contributed by atoms with Gasteiger partial charge in [-0.05, 0) is 37.6 Å². The van der Waals surface area contributed by atoms with Gasteiger partial charge in [-0.25, -0.2) is 0 Å². The number of amides is 1. The number of hydrogen-bond acceptors (Lipinski definition) is 4. The minimum atomic E-state index is 0.0437. The van der Waals surface area contributed by atoms with E-state index in [9.17, 15) is 9.59 Å². The summed E-state index contributed by atoms with van der Waals surface area (Å²) < 4.78 is 7.60. The summed E-state index contributed by atoms with van der Waals surface area (Å²) in [5, 5.41) is 0. The van der Waals surface area contributed by atoms with Gasteiger partial charge in [0, 0.05) is 56.1 Å². The highest BCUT2D eigenvalue weighted by molar-refractivity contribution is 5.96. The summed E-state index contributed by atoms with van der Waals surface area (Å²) in [6, 6.07) is 20.0. The fourth-order valence-electron chi connectivity index (χ4n) is 4.59. The van der Waals surface area contributed by atoms with Gasteiger partial charge in [0.1, 0.15) is 5.75 Å². The van der Waals surface area contributed by atoms with E-state index in [2.05, 4.69) is 15.5 Å². The van der Waals surface area contributed by atoms with Crippen molar-refractivity contribution < 1.29 is 14.3 Å². The molecule has 1 aromatic heterocycles. The van der Waals surface area contributed by atoms with Gasteiger partial charge in [-0.2, -0.15) is 0 Å². The maximum absolute atomic E-state index is 13.0. The van der Waals surface area contributed by atoms with E-state index in [1.807, 2.05) is 66.4 Å². The molecule has 0 aliphatic carbocycles. The number of carbonyl (C=O) groups excluding carboxylic acids is 2. The van der Waals surface area contributed by atoms with Gasteiger partial charge < -0.3 is 19.1 Å². The number of Topliss-reactive ketones (excluding diaryl/α,β-unsaturated/α-hetero) is 1. The second-order valence-corrected chi connectivity index (χ2v) is 8.39. The van der Waals surface area contributed by atoms with Gasteiger partial charge in [-0.3, -0.25) is 9.59 Å². The van der Waals surface area contributed by atoms with Crippen LogP contribution < -0.4 is 9.64 Å². The number of anilines is 1. The van der Waals surface area contributed by atoms with Crippen LogP contribution in [0.3, 0.4) is 0 Å². The first-order valence-corrected chi connectivity index (χ1v) is 11.4. The molecule has 6 nitrogen and oxygen atoms in total. The van der Waals surface area contributed by atoms with Crippen LogP contribution in [0.15, 0.2) is 60.7 Å². The molecule has 172 valence electrons. The van der Waals surface area contributed by atoms with Crippen molar-refractivity contribution in [3.05, 3.63) is 71.9 Å². The van der Waals surface area contributed by atoms with Crippen LogP contribution in [0.2, 0.25) is 0 Å². The summed E-state index contributed by atoms with van der Waals surface area (Å²) in [5.41, 5.74) is 4.72. The fourth-order valence-corrected chi connectivity index (χ4v) is 4.59. The Balaban J connectivity index is 1.43. The van der Waals surface area contributed by atoms with E-state index in [4.69, 9.17) is 4.74 Å². The third-order valence-electron chi connectivity index (χ3n) is 6.42. The Morgan fingerprint density at radius 1 is 0.939 bits per heavy atom. The smallest absolute Gasteiger partial charge is 0.224 e. The molecule has 33 heavy (non-hydrogen) atoms. The molecule has 6 heteroatoms. The first-order chi connectivity index (χ1) is 16.0. The Hall–Kier alpha value is -3.54. The van der Waals surface area contributed by atoms with Crippen molar-refractivity contribution in [2.75, 3.05) is 38.2 Å². The standard InChI is InChI=1S/C27H31N3O3/c1-20-23(21(2)31)19-25(22-9-5-4-6-10-22)30(20)14-13-27(32)29-17-15-28(16-18-29)24-11-7-8-12-26(24)33-3/h4-12,19H,13-18H2,1-3H3. The number of nitrogens with zero attached hydrogens (tertiary/aromatic N) is 3. The minimum Gasteiger partial charge on any atom is -0.495 e. The first kappa shape index (κ1) is 22.6. The topological polar surface area (TPSA) is 54.8 Å². The van der Waals surface area contributed by atoms with Gasteiger partial charge in [0.15, 0.2) is 5.78 Å². The van der Waals surface area contributed by atoms with Gasteiger partial charge in [0.05, 0.1) is 12.8 Å². The van der Waals surface area contributed by atoms with Gasteiger partial charge >= 0.3 is 0 Å². The van der Waals surface area contributed by atoms with Crippen LogP contribution in [0.1, 0.15) is 29.4 Å². The van der Waals surface area contributed by atoms with Crippen LogP contribution in [-0.2, 0) is 11.3 Å². The number of ketones is 1. The lowest BCUT2D eigenvalue weighted by atomic mass is 10.1. The number of piperazine rings is 1. The zero-order valence-electron chi connectivity index (χ0n) is 19.6. The Morgan fingerprint density at radius 2 is 1.61 bits per heavy atom. The maximum atomic E-state index is 13.0. The number of methoxy groups -OCH3 is 1. The molecule has 0 N–H and O–H groups in total. The van der Waals surface area contributed by atoms with Gasteiger partial charge in [0.2, 0.25) is 5.91 Å². The van der Waals surface area contributed by atoms with E-state index in [0.29, 0.717) is 31.6 Å². The van der Waals surface area contributed by atoms with E-state index in [1.165, 1.54) is 0 Å². The molecule has 1 amide bonds. The SMILES string of the molecule is COc1ccccc1N1CCN(C(=O)CCn2c(-c3ccccc3)cc(C(C)=O)c2C)CC1. The predicted molar refractivity (Wildman–Crippen MR) is 131 cm³/mol. The Morgan fingerprint density at radius 3 is 2.27 bits per heavy atom. The molecule has 0 bridgehead atoms. The van der Waals surface area contributed by atoms with Gasteiger partial charge in [0.25, 0.3) is 0 Å². The van der Waals surface area contributed by atoms with Crippen molar-refractivity contribution in [1.29, 1.82) is 0 Å². The molecular weight excluding hydrogens is 414 g/mol. The van der Waals surface area contributed by atoms with E-state index in [1.54, 1.807) is 14.0 Å². The lowest BCUT2D eigenvalue weighted by molar-refractivity contribution is -0.131. The second kappa shape index (κ2) is 9.94. The molecule has 1 aliphatic heterocycles. The molecule has 2 aromatic carbocycles. The van der Waals surface area contributed by atoms with Gasteiger partial charge in [-0.15, -0.1) is 0 Å². The normalized spacial score (nSPS) is 13.8. The number of ether oxygens (including phenoxy) is 1. The van der Waals surface area contributed by atoms with Crippen LogP contribution >= 0.6 is 0 Å². The van der Waals surface area contributed by atoms with Crippen molar-refractivity contribution in [2.45, 2.75) is 26.8 Å². The largest absolute Gasteiger partial charge is 0.495 e. The Labute approximate surface area is 195 Å². The summed E-state index contributed by atoms with van der Waals surface area (Å²) in [6.45, 7) is 7.02. The van der Waals surface area contributed by atoms with Crippen LogP contribution in [0.25, 0.3) is 11.3 Å². The molecule has 1 fully saturated rings. The summed E-state index contributed by atoms with van der Waals surface area (Å²) in [7, 11) is 1.68. The first-order valence-electron chi connectivity index (χ1n) is 11.4. The maximum Gasteiger partial charge on any atom is 0.224 e. The van der Waals surface area contributed by atoms with Crippen molar-refractivity contribution in [3.8, 4) is 17.0 Å². The molecule has 0 radical (unpaired) electrons. The quantitative estimate of drug-likeness (QED) is 0.506. The lowest BCUT2D eigenvalue weighted by Crippen LogP contribution is -2.49. The fraction of sp³-hybridized carbons (Fsp3) is 0.333. The lowest BCUT2D eigenvalue weighted by Gasteiger charge is -2.36. The summed E-state index contributed by atoms with van der Waals surface area (Å²) in [4.78, 5) is 29.4. The summed E-state index contributed by atoms with van der Waals surface area (Å²) in [6.07, 6.45) is 0.404. The van der Waals surface area contributed by atoms with Crippen LogP contribution in [-0.4, -0.2) is 54.4 Å². The van der Waals surface area contributed by atoms with Crippen LogP contribution in [0.4, 0.5) is 5.69 Å². The summed E-state index contributed by atoms with van der Waals surface area (Å²) >= 11 is 0. The van der Waals surface area contributed by atoms with E-state index in [-0.39, 0.29) is 11.7 Å². The van der Waals surface area contributed by atoms with Crippen molar-refractivity contribution in [1.82, 2.24) is 9.47 Å². The third-order valence-corrected chi connectivity index (χ3v) is 6.42. The Bertz CT molecular complexity index is 1130. The molecule has 1 aliphatic rings. The molecule has 4 rings (SSSR count). The average molecular weight is 446 g/mol. The van der Waals surface area contributed by atoms with Crippen molar-refractivity contribution in [3.63, 3.8) is 0 Å². The zero-order valence-corrected chi connectivity index (χ0v) is 19.6. The van der Waals surface area contributed by atoms with E-state index >= 15 is 0 Å². The molecule has 2 heterocycles. The number of rotatable bonds is 7. The number of para-hydroxylation sites is 2. The van der Waals surface area contributed by atoms with Crippen LogP contribution in [0, 0.1) is 6.92 Å². The zero-order chi connectivity index (χ0) is 23.4.